The van der Waals surface area contributed by atoms with Crippen LogP contribution in [-0.4, -0.2) is 40.3 Å². The maximum Gasteiger partial charge on any atom is 0.243 e. The van der Waals surface area contributed by atoms with E-state index in [1.807, 2.05) is 30.3 Å². The van der Waals surface area contributed by atoms with Gasteiger partial charge in [-0.15, -0.1) is 0 Å². The van der Waals surface area contributed by atoms with Gasteiger partial charge in [0, 0.05) is 6.54 Å². The van der Waals surface area contributed by atoms with E-state index in [0.717, 1.165) is 23.4 Å². The van der Waals surface area contributed by atoms with Crippen LogP contribution in [0, 0.1) is 0 Å². The van der Waals surface area contributed by atoms with Crippen molar-refractivity contribution < 1.29 is 17.9 Å². The molecule has 2 rings (SSSR count). The molecule has 0 fully saturated rings. The predicted octanol–water partition coefficient (Wildman–Crippen LogP) is 3.64. The summed E-state index contributed by atoms with van der Waals surface area (Å²) in [5.41, 5.74) is 1.52. The molecule has 0 aliphatic heterocycles. The molecule has 6 nitrogen and oxygen atoms in total. The normalized spacial score (nSPS) is 12.3. The molecule has 1 amide bonds. The third kappa shape index (κ3) is 6.37. The average Bonchev–Trinajstić information content (AvgIpc) is 2.69. The Kier molecular flexibility index (Phi) is 8.34. The summed E-state index contributed by atoms with van der Waals surface area (Å²) in [7, 11) is -2.23. The van der Waals surface area contributed by atoms with Crippen LogP contribution in [0.25, 0.3) is 0 Å². The lowest BCUT2D eigenvalue weighted by atomic mass is 10.1. The van der Waals surface area contributed by atoms with E-state index >= 15 is 0 Å². The summed E-state index contributed by atoms with van der Waals surface area (Å²) >= 11 is 6.16. The summed E-state index contributed by atoms with van der Waals surface area (Å²) in [6, 6.07) is 13.8. The highest BCUT2D eigenvalue weighted by Gasteiger charge is 2.31. The van der Waals surface area contributed by atoms with Crippen LogP contribution in [0.3, 0.4) is 0 Å². The van der Waals surface area contributed by atoms with E-state index in [4.69, 9.17) is 16.3 Å². The molecule has 0 saturated heterocycles. The molecule has 1 N–H and O–H groups in total. The van der Waals surface area contributed by atoms with Crippen LogP contribution in [0.2, 0.25) is 5.02 Å². The van der Waals surface area contributed by atoms with E-state index in [2.05, 4.69) is 5.32 Å². The molecule has 0 unspecified atom stereocenters. The zero-order valence-electron chi connectivity index (χ0n) is 16.9. The molecule has 0 radical (unpaired) electrons. The fraction of sp³-hybridized carbons (Fsp3) is 0.381. The smallest absolute Gasteiger partial charge is 0.243 e. The molecule has 0 spiro atoms. The molecule has 0 heterocycles. The van der Waals surface area contributed by atoms with E-state index in [-0.39, 0.29) is 10.9 Å². The predicted molar refractivity (Wildman–Crippen MR) is 117 cm³/mol. The van der Waals surface area contributed by atoms with Gasteiger partial charge in [0.05, 0.1) is 24.1 Å². The first-order valence-electron chi connectivity index (χ1n) is 9.42. The maximum absolute atomic E-state index is 12.8. The maximum atomic E-state index is 12.8. The van der Waals surface area contributed by atoms with Gasteiger partial charge in [0.1, 0.15) is 11.8 Å². The molecule has 0 aliphatic carbocycles. The molecule has 0 bridgehead atoms. The number of amides is 1. The second-order valence-electron chi connectivity index (χ2n) is 6.68. The first-order valence-corrected chi connectivity index (χ1v) is 11.6. The highest BCUT2D eigenvalue weighted by atomic mass is 35.5. The van der Waals surface area contributed by atoms with E-state index in [0.29, 0.717) is 24.4 Å². The highest BCUT2D eigenvalue weighted by molar-refractivity contribution is 7.92. The number of hydrogen-bond acceptors (Lipinski definition) is 4. The minimum absolute atomic E-state index is 0.275. The third-order valence-corrected chi connectivity index (χ3v) is 5.98. The van der Waals surface area contributed by atoms with Crippen LogP contribution in [0.5, 0.6) is 5.75 Å². The van der Waals surface area contributed by atoms with Crippen LogP contribution in [-0.2, 0) is 21.2 Å². The molecule has 29 heavy (non-hydrogen) atoms. The van der Waals surface area contributed by atoms with E-state index in [9.17, 15) is 13.2 Å². The number of rotatable bonds is 10. The lowest BCUT2D eigenvalue weighted by molar-refractivity contribution is -0.122. The van der Waals surface area contributed by atoms with Crippen molar-refractivity contribution in [3.8, 4) is 5.75 Å². The van der Waals surface area contributed by atoms with Gasteiger partial charge in [-0.3, -0.25) is 9.10 Å². The SMILES string of the molecule is CC[C@H](C(=O)NCCCc1ccccc1)N(c1ccc(OC)c(Cl)c1)S(C)(=O)=O. The van der Waals surface area contributed by atoms with Crippen molar-refractivity contribution in [3.63, 3.8) is 0 Å². The average molecular weight is 439 g/mol. The van der Waals surface area contributed by atoms with Gasteiger partial charge in [-0.1, -0.05) is 48.9 Å². The molecule has 0 saturated carbocycles. The van der Waals surface area contributed by atoms with E-state index in [1.54, 1.807) is 19.1 Å². The van der Waals surface area contributed by atoms with Crippen LogP contribution in [0.4, 0.5) is 5.69 Å². The minimum Gasteiger partial charge on any atom is -0.495 e. The molecule has 2 aromatic carbocycles. The van der Waals surface area contributed by atoms with Crippen molar-refractivity contribution in [2.75, 3.05) is 24.2 Å². The van der Waals surface area contributed by atoms with Crippen molar-refractivity contribution in [2.24, 2.45) is 0 Å². The van der Waals surface area contributed by atoms with Crippen molar-refractivity contribution in [3.05, 3.63) is 59.1 Å². The van der Waals surface area contributed by atoms with Crippen molar-refractivity contribution in [1.29, 1.82) is 0 Å². The van der Waals surface area contributed by atoms with Crippen LogP contribution in [0.1, 0.15) is 25.3 Å². The van der Waals surface area contributed by atoms with Crippen molar-refractivity contribution in [1.82, 2.24) is 5.32 Å². The second kappa shape index (κ2) is 10.5. The largest absolute Gasteiger partial charge is 0.495 e. The zero-order chi connectivity index (χ0) is 21.4. The minimum atomic E-state index is -3.71. The third-order valence-electron chi connectivity index (χ3n) is 4.50. The monoisotopic (exact) mass is 438 g/mol. The summed E-state index contributed by atoms with van der Waals surface area (Å²) in [6.45, 7) is 2.24. The Hall–Kier alpha value is -2.25. The van der Waals surface area contributed by atoms with Gasteiger partial charge in [-0.05, 0) is 43.0 Å². The fourth-order valence-electron chi connectivity index (χ4n) is 3.12. The number of aryl methyl sites for hydroxylation is 1. The second-order valence-corrected chi connectivity index (χ2v) is 8.95. The summed E-state index contributed by atoms with van der Waals surface area (Å²) in [6.07, 6.45) is 3.00. The lowest BCUT2D eigenvalue weighted by Crippen LogP contribution is -2.49. The number of ether oxygens (including phenoxy) is 1. The van der Waals surface area contributed by atoms with Crippen LogP contribution >= 0.6 is 11.6 Å². The Labute approximate surface area is 177 Å². The molecule has 158 valence electrons. The summed E-state index contributed by atoms with van der Waals surface area (Å²) in [5.74, 6) is 0.0974. The summed E-state index contributed by atoms with van der Waals surface area (Å²) in [5, 5.41) is 3.14. The number of methoxy groups -OCH3 is 1. The van der Waals surface area contributed by atoms with Gasteiger partial charge < -0.3 is 10.1 Å². The van der Waals surface area contributed by atoms with Crippen molar-refractivity contribution >= 4 is 33.2 Å². The Bertz CT molecular complexity index is 920. The van der Waals surface area contributed by atoms with Crippen LogP contribution in [0.15, 0.2) is 48.5 Å². The van der Waals surface area contributed by atoms with Gasteiger partial charge in [-0.2, -0.15) is 0 Å². The first kappa shape index (κ1) is 23.0. The quantitative estimate of drug-likeness (QED) is 0.574. The number of hydrogen-bond donors (Lipinski definition) is 1. The number of anilines is 1. The highest BCUT2D eigenvalue weighted by Crippen LogP contribution is 2.31. The van der Waals surface area contributed by atoms with Gasteiger partial charge in [0.2, 0.25) is 15.9 Å². The van der Waals surface area contributed by atoms with Gasteiger partial charge >= 0.3 is 0 Å². The first-order chi connectivity index (χ1) is 13.8. The zero-order valence-corrected chi connectivity index (χ0v) is 18.5. The summed E-state index contributed by atoms with van der Waals surface area (Å²) < 4.78 is 31.2. The number of nitrogens with one attached hydrogen (secondary N) is 1. The topological polar surface area (TPSA) is 75.7 Å². The molecule has 8 heteroatoms. The number of halogens is 1. The Balaban J connectivity index is 2.11. The molecular formula is C21H27ClN2O4S. The molecule has 0 aliphatic rings. The molecular weight excluding hydrogens is 412 g/mol. The van der Waals surface area contributed by atoms with Crippen LogP contribution < -0.4 is 14.4 Å². The Morgan fingerprint density at radius 3 is 2.45 bits per heavy atom. The molecule has 1 atom stereocenters. The summed E-state index contributed by atoms with van der Waals surface area (Å²) in [4.78, 5) is 12.8. The number of nitrogens with zero attached hydrogens (tertiary/aromatic N) is 1. The van der Waals surface area contributed by atoms with Crippen molar-refractivity contribution in [2.45, 2.75) is 32.2 Å². The van der Waals surface area contributed by atoms with Gasteiger partial charge in [-0.25, -0.2) is 8.42 Å². The number of benzene rings is 2. The number of carbonyl (C=O) groups excluding carboxylic acids is 1. The number of carbonyl (C=O) groups is 1. The Morgan fingerprint density at radius 1 is 1.21 bits per heavy atom. The Morgan fingerprint density at radius 2 is 1.90 bits per heavy atom. The lowest BCUT2D eigenvalue weighted by Gasteiger charge is -2.30. The fourth-order valence-corrected chi connectivity index (χ4v) is 4.57. The molecule has 0 aromatic heterocycles. The molecule has 2 aromatic rings. The standard InChI is InChI=1S/C21H27ClN2O4S/c1-4-19(21(25)23-14-8-11-16-9-6-5-7-10-16)24(29(3,26)27)17-12-13-20(28-2)18(22)15-17/h5-7,9-10,12-13,15,19H,4,8,11,14H2,1-3H3,(H,23,25)/t19-/m1/s1. The van der Waals surface area contributed by atoms with E-state index in [1.165, 1.54) is 18.7 Å². The number of sulfonamides is 1. The van der Waals surface area contributed by atoms with E-state index < -0.39 is 16.1 Å². The van der Waals surface area contributed by atoms with Gasteiger partial charge in [0.15, 0.2) is 0 Å². The van der Waals surface area contributed by atoms with Gasteiger partial charge in [0.25, 0.3) is 0 Å².